The van der Waals surface area contributed by atoms with Crippen LogP contribution in [0.5, 0.6) is 5.88 Å². The molecule has 0 aromatic carbocycles. The number of amides is 2. The van der Waals surface area contributed by atoms with E-state index in [1.54, 1.807) is 45.0 Å². The minimum Gasteiger partial charge on any atom is -0.471 e. The molecule has 2 heterocycles. The van der Waals surface area contributed by atoms with Gasteiger partial charge in [0.15, 0.2) is 5.82 Å². The lowest BCUT2D eigenvalue weighted by Gasteiger charge is -2.24. The fourth-order valence-corrected chi connectivity index (χ4v) is 2.63. The Morgan fingerprint density at radius 2 is 2.04 bits per heavy atom. The second kappa shape index (κ2) is 8.41. The first-order valence-electron chi connectivity index (χ1n) is 8.99. The van der Waals surface area contributed by atoms with Crippen molar-refractivity contribution in [1.29, 1.82) is 0 Å². The monoisotopic (exact) mass is 379 g/mol. The summed E-state index contributed by atoms with van der Waals surface area (Å²) in [5.74, 6) is 0.967. The van der Waals surface area contributed by atoms with E-state index in [0.717, 1.165) is 0 Å². The first-order chi connectivity index (χ1) is 12.5. The molecule has 0 bridgehead atoms. The molecule has 2 rings (SSSR count). The molecule has 0 aliphatic carbocycles. The van der Waals surface area contributed by atoms with Crippen LogP contribution in [0.25, 0.3) is 0 Å². The quantitative estimate of drug-likeness (QED) is 0.827. The number of nitrogens with one attached hydrogen (secondary N) is 1. The Morgan fingerprint density at radius 1 is 1.33 bits per heavy atom. The zero-order valence-corrected chi connectivity index (χ0v) is 16.9. The molecule has 2 unspecified atom stereocenters. The Bertz CT molecular complexity index is 674. The van der Waals surface area contributed by atoms with Crippen LogP contribution < -0.4 is 15.0 Å². The summed E-state index contributed by atoms with van der Waals surface area (Å²) >= 11 is 0. The van der Waals surface area contributed by atoms with Gasteiger partial charge in [-0.25, -0.2) is 4.79 Å². The number of hydrogen-bond donors (Lipinski definition) is 1. The average Bonchev–Trinajstić information content (AvgIpc) is 3.00. The molecule has 2 atom stereocenters. The largest absolute Gasteiger partial charge is 0.471 e. The molecular formula is C18H29N5O4. The number of hydrogen-bond acceptors (Lipinski definition) is 7. The molecule has 1 saturated heterocycles. The zero-order chi connectivity index (χ0) is 20.2. The van der Waals surface area contributed by atoms with E-state index in [1.807, 2.05) is 19.0 Å². The van der Waals surface area contributed by atoms with Crippen molar-refractivity contribution in [3.05, 3.63) is 12.4 Å². The van der Waals surface area contributed by atoms with Crippen LogP contribution in [-0.2, 0) is 9.53 Å². The third-order valence-electron chi connectivity index (χ3n) is 3.91. The highest BCUT2D eigenvalue weighted by Crippen LogP contribution is 2.19. The lowest BCUT2D eigenvalue weighted by molar-refractivity contribution is -0.132. The molecule has 9 nitrogen and oxygen atoms in total. The van der Waals surface area contributed by atoms with Crippen LogP contribution >= 0.6 is 0 Å². The van der Waals surface area contributed by atoms with E-state index in [-0.39, 0.29) is 12.0 Å². The Labute approximate surface area is 160 Å². The number of nitrogens with zero attached hydrogens (tertiary/aromatic N) is 4. The van der Waals surface area contributed by atoms with Crippen LogP contribution in [0.1, 0.15) is 34.1 Å². The van der Waals surface area contributed by atoms with Gasteiger partial charge in [0.05, 0.1) is 18.9 Å². The second-order valence-corrected chi connectivity index (χ2v) is 7.79. The average molecular weight is 379 g/mol. The van der Waals surface area contributed by atoms with Crippen LogP contribution in [0.2, 0.25) is 0 Å². The summed E-state index contributed by atoms with van der Waals surface area (Å²) < 4.78 is 11.1. The fraction of sp³-hybridized carbons (Fsp3) is 0.667. The second-order valence-electron chi connectivity index (χ2n) is 7.79. The first-order valence-corrected chi connectivity index (χ1v) is 8.99. The van der Waals surface area contributed by atoms with Crippen molar-refractivity contribution in [3.63, 3.8) is 0 Å². The summed E-state index contributed by atoms with van der Waals surface area (Å²) in [5.41, 5.74) is -0.610. The van der Waals surface area contributed by atoms with Gasteiger partial charge in [0.25, 0.3) is 0 Å². The number of carbonyl (C=O) groups is 2. The van der Waals surface area contributed by atoms with Gasteiger partial charge in [0.2, 0.25) is 11.8 Å². The lowest BCUT2D eigenvalue weighted by atomic mass is 10.2. The van der Waals surface area contributed by atoms with Gasteiger partial charge in [0, 0.05) is 27.1 Å². The molecule has 0 radical (unpaired) electrons. The van der Waals surface area contributed by atoms with E-state index in [4.69, 9.17) is 9.47 Å². The molecule has 150 valence electrons. The van der Waals surface area contributed by atoms with E-state index in [1.165, 1.54) is 0 Å². The van der Waals surface area contributed by atoms with Crippen LogP contribution in [0.4, 0.5) is 10.6 Å². The number of carbonyl (C=O) groups excluding carboxylic acids is 2. The Balaban J connectivity index is 1.86. The summed E-state index contributed by atoms with van der Waals surface area (Å²) in [5, 5.41) is 2.58. The molecule has 1 aromatic heterocycles. The normalized spacial score (nSPS) is 18.0. The molecule has 1 aliphatic rings. The summed E-state index contributed by atoms with van der Waals surface area (Å²) in [7, 11) is 3.76. The van der Waals surface area contributed by atoms with Crippen molar-refractivity contribution in [2.75, 3.05) is 32.1 Å². The van der Waals surface area contributed by atoms with Crippen LogP contribution in [0.3, 0.4) is 0 Å². The van der Waals surface area contributed by atoms with Crippen molar-refractivity contribution >= 4 is 17.8 Å². The van der Waals surface area contributed by atoms with Gasteiger partial charge in [-0.15, -0.1) is 0 Å². The van der Waals surface area contributed by atoms with Gasteiger partial charge in [-0.1, -0.05) is 0 Å². The summed E-state index contributed by atoms with van der Waals surface area (Å²) in [6, 6.07) is -0.671. The van der Waals surface area contributed by atoms with E-state index in [9.17, 15) is 9.59 Å². The number of ether oxygens (including phenoxy) is 2. The van der Waals surface area contributed by atoms with Crippen molar-refractivity contribution in [2.24, 2.45) is 0 Å². The van der Waals surface area contributed by atoms with Gasteiger partial charge >= 0.3 is 6.09 Å². The lowest BCUT2D eigenvalue weighted by Crippen LogP contribution is -2.47. The Morgan fingerprint density at radius 3 is 2.67 bits per heavy atom. The molecule has 9 heteroatoms. The topological polar surface area (TPSA) is 96.9 Å². The molecule has 1 aliphatic heterocycles. The predicted octanol–water partition coefficient (Wildman–Crippen LogP) is 1.44. The van der Waals surface area contributed by atoms with Crippen molar-refractivity contribution in [3.8, 4) is 5.88 Å². The maximum Gasteiger partial charge on any atom is 0.408 e. The number of rotatable bonds is 5. The SMILES string of the molecule is CC(NC(=O)OC(C)(C)C)C(=O)N1CCC(Oc2cncc(N(C)C)n2)C1. The van der Waals surface area contributed by atoms with Gasteiger partial charge in [-0.2, -0.15) is 4.98 Å². The van der Waals surface area contributed by atoms with E-state index >= 15 is 0 Å². The summed E-state index contributed by atoms with van der Waals surface area (Å²) in [6.45, 7) is 7.96. The predicted molar refractivity (Wildman–Crippen MR) is 101 cm³/mol. The third-order valence-corrected chi connectivity index (χ3v) is 3.91. The van der Waals surface area contributed by atoms with Gasteiger partial charge in [0.1, 0.15) is 17.7 Å². The van der Waals surface area contributed by atoms with Gasteiger partial charge in [-0.05, 0) is 27.7 Å². The molecule has 1 fully saturated rings. The standard InChI is InChI=1S/C18H29N5O4/c1-12(20-17(25)27-18(2,3)4)16(24)23-8-7-13(11-23)26-15-10-19-9-14(21-15)22(5)6/h9-10,12-13H,7-8,11H2,1-6H3,(H,20,25). The molecule has 2 amide bonds. The number of aromatic nitrogens is 2. The molecule has 1 aromatic rings. The molecule has 1 N–H and O–H groups in total. The highest BCUT2D eigenvalue weighted by Gasteiger charge is 2.31. The Hall–Kier alpha value is -2.58. The molecule has 0 saturated carbocycles. The van der Waals surface area contributed by atoms with E-state index in [0.29, 0.717) is 31.2 Å². The number of likely N-dealkylation sites (tertiary alicyclic amines) is 1. The van der Waals surface area contributed by atoms with E-state index in [2.05, 4.69) is 15.3 Å². The number of anilines is 1. The van der Waals surface area contributed by atoms with Crippen molar-refractivity contribution in [2.45, 2.75) is 51.9 Å². The highest BCUT2D eigenvalue weighted by atomic mass is 16.6. The van der Waals surface area contributed by atoms with Gasteiger partial charge < -0.3 is 24.6 Å². The minimum atomic E-state index is -0.671. The van der Waals surface area contributed by atoms with Crippen molar-refractivity contribution < 1.29 is 19.1 Å². The van der Waals surface area contributed by atoms with Gasteiger partial charge in [-0.3, -0.25) is 9.78 Å². The molecular weight excluding hydrogens is 350 g/mol. The molecule has 0 spiro atoms. The highest BCUT2D eigenvalue weighted by molar-refractivity contribution is 5.85. The number of alkyl carbamates (subject to hydrolysis) is 1. The fourth-order valence-electron chi connectivity index (χ4n) is 2.63. The van der Waals surface area contributed by atoms with Crippen LogP contribution in [0, 0.1) is 0 Å². The van der Waals surface area contributed by atoms with Crippen molar-refractivity contribution in [1.82, 2.24) is 20.2 Å². The maximum absolute atomic E-state index is 12.6. The first kappa shape index (κ1) is 20.7. The summed E-state index contributed by atoms with van der Waals surface area (Å²) in [4.78, 5) is 36.4. The van der Waals surface area contributed by atoms with Crippen LogP contribution in [0.15, 0.2) is 12.4 Å². The minimum absolute atomic E-state index is 0.158. The Kier molecular flexibility index (Phi) is 6.45. The van der Waals surface area contributed by atoms with Crippen LogP contribution in [-0.4, -0.2) is 71.8 Å². The maximum atomic E-state index is 12.6. The summed E-state index contributed by atoms with van der Waals surface area (Å²) in [6.07, 6.45) is 3.14. The van der Waals surface area contributed by atoms with E-state index < -0.39 is 17.7 Å². The smallest absolute Gasteiger partial charge is 0.408 e. The zero-order valence-electron chi connectivity index (χ0n) is 16.9. The third kappa shape index (κ3) is 6.26. The molecule has 27 heavy (non-hydrogen) atoms.